The average molecular weight is 286 g/mol. The van der Waals surface area contributed by atoms with Crippen molar-refractivity contribution in [1.82, 2.24) is 9.78 Å². The third-order valence-electron chi connectivity index (χ3n) is 4.09. The molecule has 3 nitrogen and oxygen atoms in total. The molecule has 0 aliphatic rings. The second-order valence-electron chi connectivity index (χ2n) is 5.80. The summed E-state index contributed by atoms with van der Waals surface area (Å²) in [6.07, 6.45) is 2.53. The zero-order valence-corrected chi connectivity index (χ0v) is 13.6. The fourth-order valence-electron chi connectivity index (χ4n) is 2.66. The van der Waals surface area contributed by atoms with Gasteiger partial charge in [0.1, 0.15) is 0 Å². The minimum Gasteiger partial charge on any atom is -0.385 e. The SMILES string of the molecule is CCc1ccc(C(C)(O)Cc2cc(CC)nn2CC)cc1. The minimum atomic E-state index is -0.871. The first-order chi connectivity index (χ1) is 10.00. The summed E-state index contributed by atoms with van der Waals surface area (Å²) >= 11 is 0. The molecule has 1 N–H and O–H groups in total. The third-order valence-corrected chi connectivity index (χ3v) is 4.09. The van der Waals surface area contributed by atoms with Gasteiger partial charge in [-0.05, 0) is 43.9 Å². The number of aliphatic hydroxyl groups is 1. The van der Waals surface area contributed by atoms with E-state index in [0.29, 0.717) is 6.42 Å². The molecule has 2 aromatic rings. The van der Waals surface area contributed by atoms with Crippen LogP contribution in [0.15, 0.2) is 30.3 Å². The van der Waals surface area contributed by atoms with Crippen molar-refractivity contribution in [2.45, 2.75) is 59.1 Å². The lowest BCUT2D eigenvalue weighted by molar-refractivity contribution is 0.0554. The van der Waals surface area contributed by atoms with Gasteiger partial charge in [-0.3, -0.25) is 4.68 Å². The van der Waals surface area contributed by atoms with Gasteiger partial charge in [-0.25, -0.2) is 0 Å². The summed E-state index contributed by atoms with van der Waals surface area (Å²) in [7, 11) is 0. The molecule has 1 atom stereocenters. The molecule has 0 radical (unpaired) electrons. The smallest absolute Gasteiger partial charge is 0.0923 e. The second-order valence-corrected chi connectivity index (χ2v) is 5.80. The Bertz CT molecular complexity index is 582. The largest absolute Gasteiger partial charge is 0.385 e. The van der Waals surface area contributed by atoms with Crippen LogP contribution in [-0.2, 0) is 31.4 Å². The van der Waals surface area contributed by atoms with E-state index in [1.165, 1.54) is 5.56 Å². The molecule has 21 heavy (non-hydrogen) atoms. The van der Waals surface area contributed by atoms with Gasteiger partial charge in [0.05, 0.1) is 11.3 Å². The Kier molecular flexibility index (Phi) is 4.84. The summed E-state index contributed by atoms with van der Waals surface area (Å²) in [5.74, 6) is 0. The van der Waals surface area contributed by atoms with E-state index in [-0.39, 0.29) is 0 Å². The van der Waals surface area contributed by atoms with Gasteiger partial charge in [-0.1, -0.05) is 38.1 Å². The Balaban J connectivity index is 2.25. The third kappa shape index (κ3) is 3.53. The van der Waals surface area contributed by atoms with E-state index < -0.39 is 5.60 Å². The molecule has 0 fully saturated rings. The summed E-state index contributed by atoms with van der Waals surface area (Å²) < 4.78 is 1.99. The molecule has 0 aliphatic carbocycles. The van der Waals surface area contributed by atoms with Crippen LogP contribution < -0.4 is 0 Å². The van der Waals surface area contributed by atoms with E-state index in [0.717, 1.165) is 36.3 Å². The Morgan fingerprint density at radius 1 is 1.10 bits per heavy atom. The van der Waals surface area contributed by atoms with Gasteiger partial charge < -0.3 is 5.11 Å². The first kappa shape index (κ1) is 15.8. The topological polar surface area (TPSA) is 38.1 Å². The molecule has 1 unspecified atom stereocenters. The van der Waals surface area contributed by atoms with Crippen molar-refractivity contribution in [2.24, 2.45) is 0 Å². The molecule has 0 spiro atoms. The lowest BCUT2D eigenvalue weighted by Gasteiger charge is -2.24. The van der Waals surface area contributed by atoms with E-state index >= 15 is 0 Å². The number of aromatic nitrogens is 2. The summed E-state index contributed by atoms with van der Waals surface area (Å²) in [4.78, 5) is 0. The van der Waals surface area contributed by atoms with Gasteiger partial charge in [0.2, 0.25) is 0 Å². The Morgan fingerprint density at radius 2 is 1.76 bits per heavy atom. The van der Waals surface area contributed by atoms with Crippen LogP contribution in [-0.4, -0.2) is 14.9 Å². The molecule has 1 aromatic heterocycles. The lowest BCUT2D eigenvalue weighted by atomic mass is 9.90. The highest BCUT2D eigenvalue weighted by molar-refractivity contribution is 5.28. The summed E-state index contributed by atoms with van der Waals surface area (Å²) in [6, 6.07) is 10.4. The normalized spacial score (nSPS) is 14.1. The Morgan fingerprint density at radius 3 is 2.29 bits per heavy atom. The van der Waals surface area contributed by atoms with Gasteiger partial charge in [-0.2, -0.15) is 5.10 Å². The highest BCUT2D eigenvalue weighted by Gasteiger charge is 2.25. The van der Waals surface area contributed by atoms with Crippen LogP contribution in [0.25, 0.3) is 0 Å². The van der Waals surface area contributed by atoms with E-state index in [9.17, 15) is 5.11 Å². The Hall–Kier alpha value is -1.61. The molecule has 1 heterocycles. The number of nitrogens with zero attached hydrogens (tertiary/aromatic N) is 2. The van der Waals surface area contributed by atoms with Gasteiger partial charge in [0.15, 0.2) is 0 Å². The van der Waals surface area contributed by atoms with E-state index in [1.807, 2.05) is 23.7 Å². The predicted molar refractivity (Wildman–Crippen MR) is 86.4 cm³/mol. The summed E-state index contributed by atoms with van der Waals surface area (Å²) in [6.45, 7) is 9.04. The molecule has 114 valence electrons. The fourth-order valence-corrected chi connectivity index (χ4v) is 2.66. The molecule has 0 aliphatic heterocycles. The fraction of sp³-hybridized carbons (Fsp3) is 0.500. The molecule has 1 aromatic carbocycles. The van der Waals surface area contributed by atoms with Crippen LogP contribution in [0.4, 0.5) is 0 Å². The van der Waals surface area contributed by atoms with E-state index in [1.54, 1.807) is 0 Å². The molecule has 3 heteroatoms. The van der Waals surface area contributed by atoms with Crippen LogP contribution >= 0.6 is 0 Å². The average Bonchev–Trinajstić information content (AvgIpc) is 2.88. The maximum Gasteiger partial charge on any atom is 0.0923 e. The van der Waals surface area contributed by atoms with Crippen LogP contribution in [0.3, 0.4) is 0 Å². The Labute approximate surface area is 127 Å². The van der Waals surface area contributed by atoms with Crippen LogP contribution in [0.5, 0.6) is 0 Å². The van der Waals surface area contributed by atoms with Crippen molar-refractivity contribution in [3.63, 3.8) is 0 Å². The molecule has 2 rings (SSSR count). The number of rotatable bonds is 6. The van der Waals surface area contributed by atoms with Crippen molar-refractivity contribution in [1.29, 1.82) is 0 Å². The van der Waals surface area contributed by atoms with E-state index in [4.69, 9.17) is 0 Å². The van der Waals surface area contributed by atoms with Gasteiger partial charge in [-0.15, -0.1) is 0 Å². The maximum atomic E-state index is 10.9. The van der Waals surface area contributed by atoms with Crippen LogP contribution in [0.2, 0.25) is 0 Å². The van der Waals surface area contributed by atoms with Crippen molar-refractivity contribution in [3.8, 4) is 0 Å². The van der Waals surface area contributed by atoms with Gasteiger partial charge >= 0.3 is 0 Å². The van der Waals surface area contributed by atoms with Crippen molar-refractivity contribution >= 4 is 0 Å². The number of aryl methyl sites for hydroxylation is 3. The minimum absolute atomic E-state index is 0.583. The highest BCUT2D eigenvalue weighted by atomic mass is 16.3. The second kappa shape index (κ2) is 6.44. The highest BCUT2D eigenvalue weighted by Crippen LogP contribution is 2.26. The predicted octanol–water partition coefficient (Wildman–Crippen LogP) is 3.48. The monoisotopic (exact) mass is 286 g/mol. The van der Waals surface area contributed by atoms with Gasteiger partial charge in [0, 0.05) is 18.7 Å². The molecule has 0 bridgehead atoms. The standard InChI is InChI=1S/C18H26N2O/c1-5-14-8-10-15(11-9-14)18(4,21)13-17-12-16(6-2)19-20(17)7-3/h8-12,21H,5-7,13H2,1-4H3. The number of hydrogen-bond acceptors (Lipinski definition) is 2. The summed E-state index contributed by atoms with van der Waals surface area (Å²) in [5.41, 5.74) is 3.57. The molecule has 0 amide bonds. The molecular formula is C18H26N2O. The number of benzene rings is 1. The zero-order chi connectivity index (χ0) is 15.5. The van der Waals surface area contributed by atoms with Crippen LogP contribution in [0.1, 0.15) is 50.2 Å². The van der Waals surface area contributed by atoms with Crippen molar-refractivity contribution < 1.29 is 5.11 Å². The van der Waals surface area contributed by atoms with Crippen LogP contribution in [0, 0.1) is 0 Å². The zero-order valence-electron chi connectivity index (χ0n) is 13.6. The lowest BCUT2D eigenvalue weighted by Crippen LogP contribution is -2.25. The molecular weight excluding hydrogens is 260 g/mol. The maximum absolute atomic E-state index is 10.9. The quantitative estimate of drug-likeness (QED) is 0.883. The first-order valence-corrected chi connectivity index (χ1v) is 7.87. The van der Waals surface area contributed by atoms with Crippen molar-refractivity contribution in [2.75, 3.05) is 0 Å². The van der Waals surface area contributed by atoms with E-state index in [2.05, 4.69) is 44.1 Å². The van der Waals surface area contributed by atoms with Gasteiger partial charge in [0.25, 0.3) is 0 Å². The van der Waals surface area contributed by atoms with Crippen molar-refractivity contribution in [3.05, 3.63) is 52.8 Å². The first-order valence-electron chi connectivity index (χ1n) is 7.87. The molecule has 0 saturated carbocycles. The summed E-state index contributed by atoms with van der Waals surface area (Å²) in [5, 5.41) is 15.4. The molecule has 0 saturated heterocycles. The number of hydrogen-bond donors (Lipinski definition) is 1.